The molecule has 1 amide bonds. The van der Waals surface area contributed by atoms with Crippen molar-refractivity contribution in [1.82, 2.24) is 14.9 Å². The standard InChI is InChI=1S/C21H21N3O4S/c1-14-3-5-17(26-2)16(9-14)24-8-7-22-21(24)29-12-20(25)23-11-15-4-6-18-19(10-15)28-13-27-18/h3-10H,11-13H2,1-2H3,(H,23,25). The van der Waals surface area contributed by atoms with E-state index >= 15 is 0 Å². The quantitative estimate of drug-likeness (QED) is 0.601. The Morgan fingerprint density at radius 2 is 2.10 bits per heavy atom. The van der Waals surface area contributed by atoms with Crippen LogP contribution >= 0.6 is 11.8 Å². The number of carbonyl (C=O) groups is 1. The van der Waals surface area contributed by atoms with Crippen LogP contribution in [0.5, 0.6) is 17.2 Å². The third-order valence-corrected chi connectivity index (χ3v) is 5.43. The molecule has 0 aliphatic carbocycles. The number of methoxy groups -OCH3 is 1. The Labute approximate surface area is 173 Å². The highest BCUT2D eigenvalue weighted by molar-refractivity contribution is 7.99. The Kier molecular flexibility index (Phi) is 5.62. The van der Waals surface area contributed by atoms with E-state index in [1.165, 1.54) is 11.8 Å². The molecule has 29 heavy (non-hydrogen) atoms. The zero-order chi connectivity index (χ0) is 20.2. The molecule has 150 valence electrons. The molecular formula is C21H21N3O4S. The van der Waals surface area contributed by atoms with Crippen LogP contribution in [0, 0.1) is 6.92 Å². The first-order valence-corrected chi connectivity index (χ1v) is 10.1. The summed E-state index contributed by atoms with van der Waals surface area (Å²) in [5, 5.41) is 3.65. The Balaban J connectivity index is 1.37. The molecule has 0 unspecified atom stereocenters. The van der Waals surface area contributed by atoms with Gasteiger partial charge < -0.3 is 19.5 Å². The summed E-state index contributed by atoms with van der Waals surface area (Å²) in [4.78, 5) is 16.7. The molecule has 0 spiro atoms. The smallest absolute Gasteiger partial charge is 0.231 e. The number of rotatable bonds is 7. The molecule has 8 heteroatoms. The van der Waals surface area contributed by atoms with E-state index in [0.717, 1.165) is 33.5 Å². The normalized spacial score (nSPS) is 12.1. The molecule has 1 N–H and O–H groups in total. The molecule has 0 saturated carbocycles. The second-order valence-corrected chi connectivity index (χ2v) is 7.45. The van der Waals surface area contributed by atoms with Crippen molar-refractivity contribution in [3.05, 3.63) is 59.9 Å². The van der Waals surface area contributed by atoms with Crippen molar-refractivity contribution in [1.29, 1.82) is 0 Å². The molecule has 0 saturated heterocycles. The van der Waals surface area contributed by atoms with Crippen LogP contribution < -0.4 is 19.5 Å². The van der Waals surface area contributed by atoms with Gasteiger partial charge in [-0.25, -0.2) is 4.98 Å². The molecular weight excluding hydrogens is 390 g/mol. The summed E-state index contributed by atoms with van der Waals surface area (Å²) in [6.07, 6.45) is 3.58. The second kappa shape index (κ2) is 8.48. The number of thioether (sulfide) groups is 1. The average molecular weight is 411 g/mol. The predicted molar refractivity (Wildman–Crippen MR) is 110 cm³/mol. The van der Waals surface area contributed by atoms with Crippen LogP contribution in [0.3, 0.4) is 0 Å². The van der Waals surface area contributed by atoms with Crippen molar-refractivity contribution in [2.75, 3.05) is 19.7 Å². The van der Waals surface area contributed by atoms with E-state index in [9.17, 15) is 4.79 Å². The zero-order valence-electron chi connectivity index (χ0n) is 16.2. The maximum atomic E-state index is 12.3. The number of amides is 1. The number of hydrogen-bond donors (Lipinski definition) is 1. The number of carbonyl (C=O) groups excluding carboxylic acids is 1. The van der Waals surface area contributed by atoms with Gasteiger partial charge in [-0.15, -0.1) is 0 Å². The van der Waals surface area contributed by atoms with E-state index in [-0.39, 0.29) is 18.5 Å². The maximum absolute atomic E-state index is 12.3. The lowest BCUT2D eigenvalue weighted by Gasteiger charge is -2.13. The number of aryl methyl sites for hydroxylation is 1. The maximum Gasteiger partial charge on any atom is 0.231 e. The summed E-state index contributed by atoms with van der Waals surface area (Å²) in [5.41, 5.74) is 2.97. The monoisotopic (exact) mass is 411 g/mol. The number of nitrogens with one attached hydrogen (secondary N) is 1. The van der Waals surface area contributed by atoms with Gasteiger partial charge >= 0.3 is 0 Å². The first-order valence-electron chi connectivity index (χ1n) is 9.10. The fourth-order valence-corrected chi connectivity index (χ4v) is 3.80. The fraction of sp³-hybridized carbons (Fsp3) is 0.238. The Hall–Kier alpha value is -3.13. The van der Waals surface area contributed by atoms with E-state index in [1.54, 1.807) is 13.3 Å². The van der Waals surface area contributed by atoms with Gasteiger partial charge in [-0.3, -0.25) is 9.36 Å². The van der Waals surface area contributed by atoms with Crippen molar-refractivity contribution in [3.63, 3.8) is 0 Å². The van der Waals surface area contributed by atoms with Crippen molar-refractivity contribution < 1.29 is 19.0 Å². The van der Waals surface area contributed by atoms with Crippen LogP contribution in [0.1, 0.15) is 11.1 Å². The van der Waals surface area contributed by atoms with Crippen LogP contribution in [0.25, 0.3) is 5.69 Å². The fourth-order valence-electron chi connectivity index (χ4n) is 3.00. The van der Waals surface area contributed by atoms with Gasteiger partial charge in [-0.05, 0) is 42.3 Å². The number of fused-ring (bicyclic) bond motifs is 1. The van der Waals surface area contributed by atoms with Crippen molar-refractivity contribution >= 4 is 17.7 Å². The summed E-state index contributed by atoms with van der Waals surface area (Å²) in [7, 11) is 1.64. The number of nitrogens with zero attached hydrogens (tertiary/aromatic N) is 2. The Bertz CT molecular complexity index is 1030. The third-order valence-electron chi connectivity index (χ3n) is 4.46. The zero-order valence-corrected chi connectivity index (χ0v) is 17.0. The van der Waals surface area contributed by atoms with Crippen molar-refractivity contribution in [2.45, 2.75) is 18.6 Å². The highest BCUT2D eigenvalue weighted by Gasteiger charge is 2.15. The molecule has 2 heterocycles. The SMILES string of the molecule is COc1ccc(C)cc1-n1ccnc1SCC(=O)NCc1ccc2c(c1)OCO2. The molecule has 3 aromatic rings. The van der Waals surface area contributed by atoms with E-state index in [2.05, 4.69) is 10.3 Å². The molecule has 0 radical (unpaired) electrons. The number of hydrogen-bond acceptors (Lipinski definition) is 6. The lowest BCUT2D eigenvalue weighted by molar-refractivity contribution is -0.118. The topological polar surface area (TPSA) is 74.6 Å². The van der Waals surface area contributed by atoms with Crippen LogP contribution in [0.2, 0.25) is 0 Å². The highest BCUT2D eigenvalue weighted by Crippen LogP contribution is 2.32. The number of aromatic nitrogens is 2. The summed E-state index contributed by atoms with van der Waals surface area (Å²) < 4.78 is 18.1. The second-order valence-electron chi connectivity index (χ2n) is 6.51. The van der Waals surface area contributed by atoms with Crippen LogP contribution in [-0.4, -0.2) is 35.1 Å². The summed E-state index contributed by atoms with van der Waals surface area (Å²) in [6.45, 7) is 2.69. The average Bonchev–Trinajstić information content (AvgIpc) is 3.39. The number of ether oxygens (including phenoxy) is 3. The highest BCUT2D eigenvalue weighted by atomic mass is 32.2. The summed E-state index contributed by atoms with van der Waals surface area (Å²) in [6, 6.07) is 11.6. The van der Waals surface area contributed by atoms with E-state index in [1.807, 2.05) is 54.1 Å². The van der Waals surface area contributed by atoms with E-state index < -0.39 is 0 Å². The minimum atomic E-state index is -0.0709. The summed E-state index contributed by atoms with van der Waals surface area (Å²) in [5.74, 6) is 2.38. The first-order chi connectivity index (χ1) is 14.1. The van der Waals surface area contributed by atoms with Gasteiger partial charge in [-0.2, -0.15) is 0 Å². The van der Waals surface area contributed by atoms with Crippen molar-refractivity contribution in [2.24, 2.45) is 0 Å². The lowest BCUT2D eigenvalue weighted by atomic mass is 10.2. The molecule has 4 rings (SSSR count). The van der Waals surface area contributed by atoms with Crippen LogP contribution in [0.4, 0.5) is 0 Å². The molecule has 0 fully saturated rings. The molecule has 0 atom stereocenters. The van der Waals surface area contributed by atoms with E-state index in [4.69, 9.17) is 14.2 Å². The predicted octanol–water partition coefficient (Wildman–Crippen LogP) is 3.33. The molecule has 0 bridgehead atoms. The van der Waals surface area contributed by atoms with Crippen LogP contribution in [0.15, 0.2) is 53.9 Å². The van der Waals surface area contributed by atoms with Crippen molar-refractivity contribution in [3.8, 4) is 22.9 Å². The third kappa shape index (κ3) is 4.32. The Morgan fingerprint density at radius 1 is 1.24 bits per heavy atom. The number of benzene rings is 2. The first kappa shape index (κ1) is 19.2. The molecule has 1 aliphatic heterocycles. The van der Waals surface area contributed by atoms with Gasteiger partial charge in [0.25, 0.3) is 0 Å². The van der Waals surface area contributed by atoms with Gasteiger partial charge in [0, 0.05) is 18.9 Å². The minimum Gasteiger partial charge on any atom is -0.495 e. The Morgan fingerprint density at radius 3 is 2.97 bits per heavy atom. The van der Waals surface area contributed by atoms with E-state index in [0.29, 0.717) is 12.3 Å². The van der Waals surface area contributed by atoms with Crippen LogP contribution in [-0.2, 0) is 11.3 Å². The minimum absolute atomic E-state index is 0.0709. The molecule has 1 aromatic heterocycles. The van der Waals surface area contributed by atoms with Gasteiger partial charge in [0.2, 0.25) is 12.7 Å². The largest absolute Gasteiger partial charge is 0.495 e. The van der Waals surface area contributed by atoms with Gasteiger partial charge in [0.1, 0.15) is 5.75 Å². The van der Waals surface area contributed by atoms with Gasteiger partial charge in [0.15, 0.2) is 16.7 Å². The van der Waals surface area contributed by atoms with Gasteiger partial charge in [-0.1, -0.05) is 23.9 Å². The number of imidazole rings is 1. The molecule has 1 aliphatic rings. The molecule has 2 aromatic carbocycles. The van der Waals surface area contributed by atoms with Gasteiger partial charge in [0.05, 0.1) is 18.6 Å². The molecule has 7 nitrogen and oxygen atoms in total. The lowest BCUT2D eigenvalue weighted by Crippen LogP contribution is -2.24. The summed E-state index contributed by atoms with van der Waals surface area (Å²) >= 11 is 1.38.